The molecule has 18 heteroatoms. The number of carbonyl (C=O) groups is 1. The Kier molecular flexibility index (Phi) is 10.7. The maximum absolute atomic E-state index is 12.8. The number of nitrogens with one attached hydrogen (secondary N) is 2. The van der Waals surface area contributed by atoms with Crippen LogP contribution in [-0.2, 0) is 37.0 Å². The lowest BCUT2D eigenvalue weighted by atomic mass is 10.1. The molecular formula is C26H28N7O9PS. The Labute approximate surface area is 254 Å². The number of ether oxygens (including phenoxy) is 2. The van der Waals surface area contributed by atoms with Gasteiger partial charge in [-0.15, -0.1) is 0 Å². The molecule has 0 bridgehead atoms. The second kappa shape index (κ2) is 14.4. The number of nitrogens with zero attached hydrogens (tertiary/aromatic N) is 5. The van der Waals surface area contributed by atoms with E-state index < -0.39 is 53.2 Å². The molecule has 0 radical (unpaired) electrons. The average Bonchev–Trinajstić information content (AvgIpc) is 3.40. The van der Waals surface area contributed by atoms with Crippen molar-refractivity contribution in [1.82, 2.24) is 14.6 Å². The summed E-state index contributed by atoms with van der Waals surface area (Å²) in [6.45, 7) is -2.44. The van der Waals surface area contributed by atoms with Crippen LogP contribution in [0.15, 0.2) is 75.5 Å². The van der Waals surface area contributed by atoms with Crippen molar-refractivity contribution >= 4 is 30.1 Å². The van der Waals surface area contributed by atoms with Gasteiger partial charge in [0.05, 0.1) is 30.8 Å². The molecule has 1 fully saturated rings. The van der Waals surface area contributed by atoms with Gasteiger partial charge in [-0.05, 0) is 48.4 Å². The second-order valence-electron chi connectivity index (χ2n) is 9.65. The predicted molar refractivity (Wildman–Crippen MR) is 161 cm³/mol. The highest BCUT2D eigenvalue weighted by Gasteiger charge is 2.39. The quantitative estimate of drug-likeness (QED) is 0.0523. The number of esters is 1. The van der Waals surface area contributed by atoms with Gasteiger partial charge in [0.25, 0.3) is 11.2 Å². The van der Waals surface area contributed by atoms with Crippen LogP contribution in [0, 0.1) is 17.0 Å². The Morgan fingerprint density at radius 2 is 2.00 bits per heavy atom. The van der Waals surface area contributed by atoms with Crippen LogP contribution >= 0.6 is 6.64 Å². The van der Waals surface area contributed by atoms with Crippen molar-refractivity contribution in [1.29, 1.82) is 0 Å². The third-order valence-corrected chi connectivity index (χ3v) is 9.05. The normalized spacial score (nSPS) is 19.7. The van der Waals surface area contributed by atoms with Gasteiger partial charge in [-0.2, -0.15) is 0 Å². The number of hydrogen-bond acceptors (Lipinski definition) is 11. The highest BCUT2D eigenvalue weighted by atomic mass is 32.5. The van der Waals surface area contributed by atoms with E-state index in [-0.39, 0.29) is 36.4 Å². The monoisotopic (exact) mass is 645 g/mol. The first-order valence-corrected chi connectivity index (χ1v) is 15.8. The van der Waals surface area contributed by atoms with Gasteiger partial charge >= 0.3 is 18.3 Å². The number of methoxy groups -OCH3 is 1. The van der Waals surface area contributed by atoms with Crippen LogP contribution in [0.25, 0.3) is 10.4 Å². The summed E-state index contributed by atoms with van der Waals surface area (Å²) >= 11 is 5.80. The van der Waals surface area contributed by atoms with Gasteiger partial charge in [0.1, 0.15) is 18.0 Å². The lowest BCUT2D eigenvalue weighted by Crippen LogP contribution is -2.39. The first-order valence-electron chi connectivity index (χ1n) is 13.1. The summed E-state index contributed by atoms with van der Waals surface area (Å²) in [4.78, 5) is 52.7. The SMILES string of the molecule is COC(=O)C(Cc1ccccc1)NP(=S)(OC[C@H]1O[C@@H](n2cc(C)c(=O)[nH]c2=O)C[C@@H]1N=[N+]=[N-])Oc1ccc([N+](=O)[O-])cc1. The topological polar surface area (TPSA) is 213 Å². The molecule has 232 valence electrons. The van der Waals surface area contributed by atoms with Crippen LogP contribution in [0.3, 0.4) is 0 Å². The number of benzene rings is 2. The van der Waals surface area contributed by atoms with Gasteiger partial charge in [0, 0.05) is 35.2 Å². The molecule has 2 unspecified atom stereocenters. The summed E-state index contributed by atoms with van der Waals surface area (Å²) in [6, 6.07) is 12.4. The number of carbonyl (C=O) groups excluding carboxylic acids is 1. The van der Waals surface area contributed by atoms with Crippen molar-refractivity contribution in [3.63, 3.8) is 0 Å². The van der Waals surface area contributed by atoms with E-state index in [1.165, 1.54) is 49.1 Å². The molecule has 44 heavy (non-hydrogen) atoms. The molecule has 0 aliphatic carbocycles. The molecule has 0 saturated carbocycles. The van der Waals surface area contributed by atoms with Crippen LogP contribution in [-0.4, -0.2) is 52.3 Å². The van der Waals surface area contributed by atoms with Crippen molar-refractivity contribution in [2.45, 2.75) is 44.2 Å². The smallest absolute Gasteiger partial charge is 0.330 e. The fraction of sp³-hybridized carbons (Fsp3) is 0.346. The third-order valence-electron chi connectivity index (χ3n) is 6.62. The molecule has 5 atom stereocenters. The summed E-state index contributed by atoms with van der Waals surface area (Å²) in [5, 5.41) is 17.9. The number of non-ortho nitro benzene ring substituents is 1. The molecule has 1 saturated heterocycles. The molecule has 0 amide bonds. The fourth-order valence-corrected chi connectivity index (χ4v) is 6.74. The minimum absolute atomic E-state index is 0.0851. The number of aryl methyl sites for hydroxylation is 1. The average molecular weight is 646 g/mol. The zero-order valence-electron chi connectivity index (χ0n) is 23.5. The van der Waals surface area contributed by atoms with E-state index in [1.807, 2.05) is 30.3 Å². The molecule has 1 aliphatic rings. The van der Waals surface area contributed by atoms with Gasteiger partial charge in [-0.25, -0.2) is 9.88 Å². The number of aromatic amines is 1. The maximum Gasteiger partial charge on any atom is 0.330 e. The molecule has 4 rings (SSSR count). The van der Waals surface area contributed by atoms with Gasteiger partial charge in [0.15, 0.2) is 0 Å². The van der Waals surface area contributed by atoms with Crippen LogP contribution in [0.4, 0.5) is 5.69 Å². The number of aromatic nitrogens is 2. The van der Waals surface area contributed by atoms with Crippen molar-refractivity contribution in [3.05, 3.63) is 113 Å². The van der Waals surface area contributed by atoms with E-state index in [1.54, 1.807) is 0 Å². The number of azide groups is 1. The minimum Gasteiger partial charge on any atom is -0.468 e. The first-order chi connectivity index (χ1) is 21.0. The highest BCUT2D eigenvalue weighted by Crippen LogP contribution is 2.47. The Hall–Kier alpha value is -4.37. The van der Waals surface area contributed by atoms with Crippen molar-refractivity contribution < 1.29 is 28.2 Å². The Balaban J connectivity index is 1.61. The molecule has 2 aromatic carbocycles. The number of H-pyrrole nitrogens is 1. The molecule has 3 aromatic rings. The summed E-state index contributed by atoms with van der Waals surface area (Å²) in [6.07, 6.45) is -0.218. The molecule has 1 aromatic heterocycles. The zero-order chi connectivity index (χ0) is 31.9. The van der Waals surface area contributed by atoms with Crippen LogP contribution in [0.1, 0.15) is 23.8 Å². The highest BCUT2D eigenvalue weighted by molar-refractivity contribution is 8.09. The lowest BCUT2D eigenvalue weighted by Gasteiger charge is -2.29. The lowest BCUT2D eigenvalue weighted by molar-refractivity contribution is -0.384. The van der Waals surface area contributed by atoms with E-state index in [9.17, 15) is 24.5 Å². The number of nitro benzene ring substituents is 1. The van der Waals surface area contributed by atoms with E-state index in [2.05, 4.69) is 20.1 Å². The maximum atomic E-state index is 12.8. The minimum atomic E-state index is -3.67. The number of hydrogen-bond donors (Lipinski definition) is 2. The van der Waals surface area contributed by atoms with Gasteiger partial charge in [-0.3, -0.25) is 29.3 Å². The largest absolute Gasteiger partial charge is 0.468 e. The van der Waals surface area contributed by atoms with Gasteiger partial charge in [0.2, 0.25) is 0 Å². The predicted octanol–water partition coefficient (Wildman–Crippen LogP) is 3.41. The molecule has 2 N–H and O–H groups in total. The summed E-state index contributed by atoms with van der Waals surface area (Å²) in [7, 11) is 1.22. The van der Waals surface area contributed by atoms with E-state index in [0.29, 0.717) is 0 Å². The molecular weight excluding hydrogens is 617 g/mol. The van der Waals surface area contributed by atoms with Crippen LogP contribution in [0.2, 0.25) is 0 Å². The van der Waals surface area contributed by atoms with Gasteiger partial charge < -0.3 is 18.5 Å². The van der Waals surface area contributed by atoms with E-state index in [0.717, 1.165) is 5.56 Å². The summed E-state index contributed by atoms with van der Waals surface area (Å²) < 4.78 is 24.3. The van der Waals surface area contributed by atoms with E-state index >= 15 is 0 Å². The van der Waals surface area contributed by atoms with Gasteiger partial charge in [-0.1, -0.05) is 35.4 Å². The van der Waals surface area contributed by atoms with Crippen molar-refractivity contribution in [3.8, 4) is 5.75 Å². The second-order valence-corrected chi connectivity index (χ2v) is 12.8. The first kappa shape index (κ1) is 32.5. The van der Waals surface area contributed by atoms with Crippen LogP contribution in [0.5, 0.6) is 5.75 Å². The molecule has 16 nitrogen and oxygen atoms in total. The third kappa shape index (κ3) is 8.17. The Bertz CT molecular complexity index is 1710. The Morgan fingerprint density at radius 1 is 1.30 bits per heavy atom. The van der Waals surface area contributed by atoms with Crippen molar-refractivity contribution in [2.75, 3.05) is 13.7 Å². The standard InChI is InChI=1S/C26H28N7O9PS/c1-16-14-32(26(36)28-24(16)34)23-13-20(29-31-27)22(41-23)15-40-43(44,42-19-10-8-18(9-11-19)33(37)38)30-21(25(35)39-2)12-17-6-4-3-5-7-17/h3-11,14,20-23H,12-13,15H2,1-2H3,(H,30,44)(H,28,34,36)/t20-,21?,22+,23+,43?/m0/s1. The molecule has 2 heterocycles. The number of nitro groups is 1. The summed E-state index contributed by atoms with van der Waals surface area (Å²) in [5.41, 5.74) is 8.81. The van der Waals surface area contributed by atoms with E-state index in [4.69, 9.17) is 35.9 Å². The Morgan fingerprint density at radius 3 is 2.64 bits per heavy atom. The zero-order valence-corrected chi connectivity index (χ0v) is 25.2. The number of rotatable bonds is 13. The van der Waals surface area contributed by atoms with Crippen LogP contribution < -0.4 is 20.9 Å². The summed E-state index contributed by atoms with van der Waals surface area (Å²) in [5.74, 6) is -0.516. The molecule has 0 spiro atoms. The molecule has 1 aliphatic heterocycles. The fourth-order valence-electron chi connectivity index (χ4n) is 4.42. The van der Waals surface area contributed by atoms with Crippen molar-refractivity contribution in [2.24, 2.45) is 5.11 Å².